The number of rotatable bonds is 2. The number of nitrogens with two attached hydrogens (primary N) is 1. The minimum Gasteiger partial charge on any atom is -0.409 e. The molecule has 3 N–H and O–H groups in total. The molecule has 1 aromatic rings. The van der Waals surface area contributed by atoms with Gasteiger partial charge in [-0.3, -0.25) is 0 Å². The van der Waals surface area contributed by atoms with Crippen LogP contribution in [0.25, 0.3) is 0 Å². The number of ether oxygens (including phenoxy) is 1. The maximum absolute atomic E-state index is 8.55. The van der Waals surface area contributed by atoms with Gasteiger partial charge in [-0.25, -0.2) is 4.98 Å². The zero-order valence-electron chi connectivity index (χ0n) is 9.71. The van der Waals surface area contributed by atoms with E-state index in [9.17, 15) is 0 Å². The molecule has 1 saturated heterocycles. The minimum atomic E-state index is 0.0689. The van der Waals surface area contributed by atoms with Crippen LogP contribution in [0.15, 0.2) is 23.5 Å². The molecule has 6 nitrogen and oxygen atoms in total. The van der Waals surface area contributed by atoms with Crippen LogP contribution < -0.4 is 10.6 Å². The van der Waals surface area contributed by atoms with Gasteiger partial charge in [0.1, 0.15) is 5.82 Å². The van der Waals surface area contributed by atoms with Gasteiger partial charge < -0.3 is 20.6 Å². The molecule has 1 atom stereocenters. The van der Waals surface area contributed by atoms with Crippen LogP contribution in [0.2, 0.25) is 0 Å². The molecule has 1 aliphatic heterocycles. The van der Waals surface area contributed by atoms with E-state index in [4.69, 9.17) is 15.7 Å². The number of morpholine rings is 1. The Hall–Kier alpha value is -1.82. The molecule has 0 aromatic carbocycles. The van der Waals surface area contributed by atoms with Crippen molar-refractivity contribution in [1.82, 2.24) is 4.98 Å². The molecule has 1 aliphatic rings. The highest BCUT2D eigenvalue weighted by Crippen LogP contribution is 2.15. The molecule has 0 aliphatic carbocycles. The number of hydrogen-bond acceptors (Lipinski definition) is 5. The van der Waals surface area contributed by atoms with Crippen LogP contribution in [0.3, 0.4) is 0 Å². The van der Waals surface area contributed by atoms with Gasteiger partial charge in [0.25, 0.3) is 0 Å². The highest BCUT2D eigenvalue weighted by Gasteiger charge is 2.17. The van der Waals surface area contributed by atoms with Gasteiger partial charge in [-0.05, 0) is 19.1 Å². The third kappa shape index (κ3) is 2.65. The van der Waals surface area contributed by atoms with E-state index in [0.717, 1.165) is 18.9 Å². The Morgan fingerprint density at radius 1 is 1.65 bits per heavy atom. The van der Waals surface area contributed by atoms with Gasteiger partial charge in [-0.15, -0.1) is 0 Å². The maximum Gasteiger partial charge on any atom is 0.171 e. The molecular formula is C11H16N4O2. The molecule has 1 unspecified atom stereocenters. The summed E-state index contributed by atoms with van der Waals surface area (Å²) < 4.78 is 5.47. The Kier molecular flexibility index (Phi) is 3.43. The zero-order chi connectivity index (χ0) is 12.3. The first kappa shape index (κ1) is 11.7. The smallest absolute Gasteiger partial charge is 0.171 e. The second kappa shape index (κ2) is 5.01. The number of aromatic nitrogens is 1. The molecule has 1 fully saturated rings. The fourth-order valence-electron chi connectivity index (χ4n) is 1.81. The van der Waals surface area contributed by atoms with E-state index in [0.29, 0.717) is 12.2 Å². The summed E-state index contributed by atoms with van der Waals surface area (Å²) in [5, 5.41) is 11.5. The lowest BCUT2D eigenvalue weighted by molar-refractivity contribution is 0.0529. The predicted octanol–water partition coefficient (Wildman–Crippen LogP) is 0.401. The van der Waals surface area contributed by atoms with Crippen LogP contribution in [0.1, 0.15) is 12.5 Å². The van der Waals surface area contributed by atoms with Crippen LogP contribution in [0, 0.1) is 0 Å². The monoisotopic (exact) mass is 236 g/mol. The molecule has 0 amide bonds. The number of nitrogens with zero attached hydrogens (tertiary/aromatic N) is 3. The Labute approximate surface area is 99.7 Å². The molecule has 92 valence electrons. The van der Waals surface area contributed by atoms with E-state index in [1.54, 1.807) is 12.3 Å². The first-order valence-corrected chi connectivity index (χ1v) is 5.51. The first-order valence-electron chi connectivity index (χ1n) is 5.51. The summed E-state index contributed by atoms with van der Waals surface area (Å²) in [5.41, 5.74) is 6.08. The molecule has 0 bridgehead atoms. The van der Waals surface area contributed by atoms with Gasteiger partial charge in [0.05, 0.1) is 12.7 Å². The fraction of sp³-hybridized carbons (Fsp3) is 0.455. The lowest BCUT2D eigenvalue weighted by atomic mass is 10.2. The molecular weight excluding hydrogens is 220 g/mol. The van der Waals surface area contributed by atoms with Crippen molar-refractivity contribution in [1.29, 1.82) is 0 Å². The van der Waals surface area contributed by atoms with E-state index in [1.807, 2.05) is 13.0 Å². The lowest BCUT2D eigenvalue weighted by Gasteiger charge is -2.32. The summed E-state index contributed by atoms with van der Waals surface area (Å²) in [6.45, 7) is 4.41. The number of anilines is 1. The molecule has 1 aromatic heterocycles. The SMILES string of the molecule is CC1CN(c2ccc(/C(N)=N/O)cn2)CCO1. The van der Waals surface area contributed by atoms with E-state index >= 15 is 0 Å². The number of oxime groups is 1. The largest absolute Gasteiger partial charge is 0.409 e. The second-order valence-electron chi connectivity index (χ2n) is 4.02. The van der Waals surface area contributed by atoms with Gasteiger partial charge in [0.2, 0.25) is 0 Å². The normalized spacial score (nSPS) is 21.6. The van der Waals surface area contributed by atoms with Crippen LogP contribution >= 0.6 is 0 Å². The van der Waals surface area contributed by atoms with Crippen molar-refractivity contribution in [2.75, 3.05) is 24.6 Å². The average molecular weight is 236 g/mol. The third-order valence-corrected chi connectivity index (χ3v) is 2.72. The Bertz CT molecular complexity index is 404. The predicted molar refractivity (Wildman–Crippen MR) is 64.4 cm³/mol. The highest BCUT2D eigenvalue weighted by atomic mass is 16.5. The van der Waals surface area contributed by atoms with Gasteiger partial charge >= 0.3 is 0 Å². The Balaban J connectivity index is 2.12. The van der Waals surface area contributed by atoms with E-state index in [-0.39, 0.29) is 11.9 Å². The van der Waals surface area contributed by atoms with Crippen molar-refractivity contribution in [3.63, 3.8) is 0 Å². The van der Waals surface area contributed by atoms with Gasteiger partial charge in [-0.2, -0.15) is 0 Å². The molecule has 6 heteroatoms. The van der Waals surface area contributed by atoms with Crippen molar-refractivity contribution in [2.45, 2.75) is 13.0 Å². The van der Waals surface area contributed by atoms with Crippen molar-refractivity contribution < 1.29 is 9.94 Å². The van der Waals surface area contributed by atoms with Gasteiger partial charge in [-0.1, -0.05) is 5.16 Å². The summed E-state index contributed by atoms with van der Waals surface area (Å²) in [5.74, 6) is 0.953. The van der Waals surface area contributed by atoms with Crippen molar-refractivity contribution >= 4 is 11.7 Å². The average Bonchev–Trinajstić information content (AvgIpc) is 2.38. The fourth-order valence-corrected chi connectivity index (χ4v) is 1.81. The highest BCUT2D eigenvalue weighted by molar-refractivity contribution is 5.96. The van der Waals surface area contributed by atoms with Crippen LogP contribution in [0.4, 0.5) is 5.82 Å². The maximum atomic E-state index is 8.55. The summed E-state index contributed by atoms with van der Waals surface area (Å²) in [6.07, 6.45) is 1.82. The zero-order valence-corrected chi connectivity index (χ0v) is 9.71. The Morgan fingerprint density at radius 2 is 2.47 bits per heavy atom. The standard InChI is InChI=1S/C11H16N4O2/c1-8-7-15(4-5-17-8)10-3-2-9(6-13-10)11(12)14-16/h2-3,6,8,16H,4-5,7H2,1H3,(H2,12,14). The number of amidine groups is 1. The molecule has 2 rings (SSSR count). The minimum absolute atomic E-state index is 0.0689. The summed E-state index contributed by atoms with van der Waals surface area (Å²) >= 11 is 0. The van der Waals surface area contributed by atoms with E-state index in [1.165, 1.54) is 0 Å². The van der Waals surface area contributed by atoms with Crippen LogP contribution in [-0.4, -0.2) is 41.8 Å². The number of hydrogen-bond donors (Lipinski definition) is 2. The summed E-state index contributed by atoms with van der Waals surface area (Å²) in [7, 11) is 0. The van der Waals surface area contributed by atoms with Gasteiger partial charge in [0.15, 0.2) is 5.84 Å². The Morgan fingerprint density at radius 3 is 3.06 bits per heavy atom. The van der Waals surface area contributed by atoms with Crippen molar-refractivity contribution in [3.8, 4) is 0 Å². The van der Waals surface area contributed by atoms with Crippen LogP contribution in [0.5, 0.6) is 0 Å². The second-order valence-corrected chi connectivity index (χ2v) is 4.02. The van der Waals surface area contributed by atoms with Crippen LogP contribution in [-0.2, 0) is 4.74 Å². The van der Waals surface area contributed by atoms with Crippen molar-refractivity contribution in [2.24, 2.45) is 10.9 Å². The lowest BCUT2D eigenvalue weighted by Crippen LogP contribution is -2.41. The van der Waals surface area contributed by atoms with Gasteiger partial charge in [0, 0.05) is 24.8 Å². The van der Waals surface area contributed by atoms with Crippen molar-refractivity contribution in [3.05, 3.63) is 23.9 Å². The van der Waals surface area contributed by atoms with E-state index < -0.39 is 0 Å². The van der Waals surface area contributed by atoms with E-state index in [2.05, 4.69) is 15.0 Å². The topological polar surface area (TPSA) is 84.0 Å². The molecule has 0 radical (unpaired) electrons. The molecule has 0 spiro atoms. The number of pyridine rings is 1. The molecule has 0 saturated carbocycles. The third-order valence-electron chi connectivity index (χ3n) is 2.72. The summed E-state index contributed by atoms with van der Waals surface area (Å²) in [6, 6.07) is 3.66. The quantitative estimate of drug-likeness (QED) is 0.336. The summed E-state index contributed by atoms with van der Waals surface area (Å²) in [4.78, 5) is 6.46. The molecule has 2 heterocycles. The first-order chi connectivity index (χ1) is 8.20. The molecule has 17 heavy (non-hydrogen) atoms.